The number of nitrogens with one attached hydrogen (secondary N) is 1. The van der Waals surface area contributed by atoms with Crippen LogP contribution in [-0.4, -0.2) is 33.9 Å². The maximum Gasteiger partial charge on any atom is 0.416 e. The zero-order chi connectivity index (χ0) is 23.9. The van der Waals surface area contributed by atoms with Gasteiger partial charge in [0.15, 0.2) is 5.88 Å². The lowest BCUT2D eigenvalue weighted by Crippen LogP contribution is -2.25. The lowest BCUT2D eigenvalue weighted by Gasteiger charge is -2.20. The topological polar surface area (TPSA) is 104 Å². The Balaban J connectivity index is 1.75. The average Bonchev–Trinajstić information content (AvgIpc) is 3.24. The standard InChI is InChI=1S/C22H24F3N5O3/c1-11(13-6-14(22(23,24)25)8-15(26)7-13)27-20-17-9-18(33-16-4-5-32-10-16)30(3)21(31)19(17)28-12(2)29-20/h6-9,11,16H,4-5,10,26H2,1-3H3,(H,27,28,29)/t11-,16+/m1/s1. The predicted molar refractivity (Wildman–Crippen MR) is 117 cm³/mol. The van der Waals surface area contributed by atoms with Gasteiger partial charge < -0.3 is 20.5 Å². The summed E-state index contributed by atoms with van der Waals surface area (Å²) in [4.78, 5) is 21.7. The molecule has 3 N–H and O–H groups in total. The largest absolute Gasteiger partial charge is 0.473 e. The number of aromatic nitrogens is 3. The molecule has 1 fully saturated rings. The number of halogens is 3. The second-order valence-corrected chi connectivity index (χ2v) is 8.08. The van der Waals surface area contributed by atoms with Crippen molar-refractivity contribution in [3.05, 3.63) is 51.6 Å². The Morgan fingerprint density at radius 2 is 2.03 bits per heavy atom. The summed E-state index contributed by atoms with van der Waals surface area (Å²) in [5, 5.41) is 3.52. The zero-order valence-electron chi connectivity index (χ0n) is 18.4. The molecule has 4 rings (SSSR count). The van der Waals surface area contributed by atoms with Gasteiger partial charge in [0.2, 0.25) is 0 Å². The Kier molecular flexibility index (Phi) is 5.91. The van der Waals surface area contributed by atoms with Crippen molar-refractivity contribution in [3.63, 3.8) is 0 Å². The lowest BCUT2D eigenvalue weighted by molar-refractivity contribution is -0.137. The molecule has 33 heavy (non-hydrogen) atoms. The predicted octanol–water partition coefficient (Wildman–Crippen LogP) is 3.58. The fourth-order valence-corrected chi connectivity index (χ4v) is 3.74. The van der Waals surface area contributed by atoms with Gasteiger partial charge in [0.05, 0.1) is 30.2 Å². The average molecular weight is 463 g/mol. The van der Waals surface area contributed by atoms with Gasteiger partial charge in [0.1, 0.15) is 23.3 Å². The number of nitrogens with zero attached hydrogens (tertiary/aromatic N) is 3. The van der Waals surface area contributed by atoms with E-state index in [1.807, 2.05) is 0 Å². The Morgan fingerprint density at radius 1 is 1.27 bits per heavy atom. The van der Waals surface area contributed by atoms with Gasteiger partial charge >= 0.3 is 6.18 Å². The van der Waals surface area contributed by atoms with Crippen LogP contribution in [0.1, 0.15) is 36.3 Å². The monoisotopic (exact) mass is 463 g/mol. The number of anilines is 2. The van der Waals surface area contributed by atoms with E-state index in [4.69, 9.17) is 15.2 Å². The number of hydrogen-bond acceptors (Lipinski definition) is 7. The van der Waals surface area contributed by atoms with Crippen LogP contribution >= 0.6 is 0 Å². The molecule has 1 saturated heterocycles. The third-order valence-corrected chi connectivity index (χ3v) is 5.50. The molecule has 8 nitrogen and oxygen atoms in total. The molecular formula is C22H24F3N5O3. The first-order chi connectivity index (χ1) is 15.5. The molecule has 0 radical (unpaired) electrons. The number of hydrogen-bond donors (Lipinski definition) is 2. The van der Waals surface area contributed by atoms with Crippen LogP contribution < -0.4 is 21.3 Å². The van der Waals surface area contributed by atoms with Gasteiger partial charge in [0.25, 0.3) is 5.56 Å². The number of nitrogen functional groups attached to an aromatic ring is 1. The van der Waals surface area contributed by atoms with Crippen LogP contribution in [0.3, 0.4) is 0 Å². The van der Waals surface area contributed by atoms with E-state index in [9.17, 15) is 18.0 Å². The van der Waals surface area contributed by atoms with Gasteiger partial charge in [-0.3, -0.25) is 9.36 Å². The molecule has 2 atom stereocenters. The van der Waals surface area contributed by atoms with Crippen LogP contribution in [0.2, 0.25) is 0 Å². The second kappa shape index (κ2) is 8.54. The molecular weight excluding hydrogens is 439 g/mol. The van der Waals surface area contributed by atoms with Crippen molar-refractivity contribution < 1.29 is 22.6 Å². The van der Waals surface area contributed by atoms with Gasteiger partial charge in [-0.25, -0.2) is 9.97 Å². The molecule has 0 aliphatic carbocycles. The van der Waals surface area contributed by atoms with Gasteiger partial charge in [-0.15, -0.1) is 0 Å². The van der Waals surface area contributed by atoms with Gasteiger partial charge in [-0.1, -0.05) is 0 Å². The molecule has 1 aliphatic heterocycles. The molecule has 0 amide bonds. The highest BCUT2D eigenvalue weighted by Gasteiger charge is 2.31. The maximum absolute atomic E-state index is 13.2. The number of nitrogens with two attached hydrogens (primary N) is 1. The molecule has 1 aliphatic rings. The van der Waals surface area contributed by atoms with E-state index in [1.54, 1.807) is 27.0 Å². The summed E-state index contributed by atoms with van der Waals surface area (Å²) < 4.78 is 52.4. The molecule has 176 valence electrons. The van der Waals surface area contributed by atoms with E-state index in [0.29, 0.717) is 48.1 Å². The second-order valence-electron chi connectivity index (χ2n) is 8.08. The molecule has 3 heterocycles. The minimum Gasteiger partial charge on any atom is -0.473 e. The summed E-state index contributed by atoms with van der Waals surface area (Å²) in [6.07, 6.45) is -4.00. The molecule has 3 aromatic rings. The number of fused-ring (bicyclic) bond motifs is 1. The number of benzene rings is 1. The van der Waals surface area contributed by atoms with E-state index in [0.717, 1.165) is 12.1 Å². The zero-order valence-corrected chi connectivity index (χ0v) is 18.4. The number of pyridine rings is 1. The summed E-state index contributed by atoms with van der Waals surface area (Å²) in [6.45, 7) is 4.33. The van der Waals surface area contributed by atoms with E-state index >= 15 is 0 Å². The molecule has 0 spiro atoms. The Hall–Kier alpha value is -3.34. The first kappa shape index (κ1) is 22.8. The van der Waals surface area contributed by atoms with Gasteiger partial charge in [-0.05, 0) is 37.6 Å². The first-order valence-electron chi connectivity index (χ1n) is 10.4. The Bertz CT molecular complexity index is 1250. The fourth-order valence-electron chi connectivity index (χ4n) is 3.74. The first-order valence-corrected chi connectivity index (χ1v) is 10.4. The van der Waals surface area contributed by atoms with E-state index in [-0.39, 0.29) is 22.9 Å². The highest BCUT2D eigenvalue weighted by Crippen LogP contribution is 2.34. The van der Waals surface area contributed by atoms with Crippen molar-refractivity contribution in [2.24, 2.45) is 7.05 Å². The van der Waals surface area contributed by atoms with Crippen molar-refractivity contribution in [3.8, 4) is 5.88 Å². The molecule has 0 saturated carbocycles. The third kappa shape index (κ3) is 4.72. The number of alkyl halides is 3. The third-order valence-electron chi connectivity index (χ3n) is 5.50. The molecule has 1 aromatic carbocycles. The van der Waals surface area contributed by atoms with E-state index in [1.165, 1.54) is 10.6 Å². The highest BCUT2D eigenvalue weighted by atomic mass is 19.4. The number of ether oxygens (including phenoxy) is 2. The fraction of sp³-hybridized carbons (Fsp3) is 0.409. The maximum atomic E-state index is 13.2. The van der Waals surface area contributed by atoms with Crippen LogP contribution in [-0.2, 0) is 18.0 Å². The van der Waals surface area contributed by atoms with E-state index < -0.39 is 17.8 Å². The minimum atomic E-state index is -4.52. The van der Waals surface area contributed by atoms with Crippen LogP contribution in [0.25, 0.3) is 10.9 Å². The molecule has 11 heteroatoms. The van der Waals surface area contributed by atoms with Gasteiger partial charge in [-0.2, -0.15) is 13.2 Å². The SMILES string of the molecule is Cc1nc(N[C@H](C)c2cc(N)cc(C(F)(F)F)c2)c2cc(O[C@H]3CCOC3)n(C)c(=O)c2n1. The van der Waals surface area contributed by atoms with Crippen LogP contribution in [0.5, 0.6) is 5.88 Å². The van der Waals surface area contributed by atoms with Crippen LogP contribution in [0, 0.1) is 6.92 Å². The number of rotatable bonds is 5. The quantitative estimate of drug-likeness (QED) is 0.558. The smallest absolute Gasteiger partial charge is 0.416 e. The summed E-state index contributed by atoms with van der Waals surface area (Å²) in [5.74, 6) is 0.983. The highest BCUT2D eigenvalue weighted by molar-refractivity contribution is 5.89. The van der Waals surface area contributed by atoms with Crippen molar-refractivity contribution in [2.75, 3.05) is 24.3 Å². The van der Waals surface area contributed by atoms with Crippen molar-refractivity contribution in [2.45, 2.75) is 38.6 Å². The molecule has 2 aromatic heterocycles. The van der Waals surface area contributed by atoms with Crippen LogP contribution in [0.4, 0.5) is 24.7 Å². The summed E-state index contributed by atoms with van der Waals surface area (Å²) in [5.41, 5.74) is 5.02. The van der Waals surface area contributed by atoms with Gasteiger partial charge in [0, 0.05) is 25.2 Å². The lowest BCUT2D eigenvalue weighted by atomic mass is 10.0. The Labute approximate surface area is 187 Å². The van der Waals surface area contributed by atoms with Crippen molar-refractivity contribution >= 4 is 22.4 Å². The summed E-state index contributed by atoms with van der Waals surface area (Å²) in [7, 11) is 1.59. The minimum absolute atomic E-state index is 0.000499. The molecule has 0 unspecified atom stereocenters. The molecule has 0 bridgehead atoms. The van der Waals surface area contributed by atoms with Crippen LogP contribution in [0.15, 0.2) is 29.1 Å². The van der Waals surface area contributed by atoms with Crippen molar-refractivity contribution in [1.82, 2.24) is 14.5 Å². The van der Waals surface area contributed by atoms with E-state index in [2.05, 4.69) is 15.3 Å². The number of aryl methyl sites for hydroxylation is 1. The van der Waals surface area contributed by atoms with Crippen molar-refractivity contribution in [1.29, 1.82) is 0 Å². The normalized spacial score (nSPS) is 17.3. The summed E-state index contributed by atoms with van der Waals surface area (Å²) in [6, 6.07) is 4.46. The Morgan fingerprint density at radius 3 is 2.70 bits per heavy atom. The summed E-state index contributed by atoms with van der Waals surface area (Å²) >= 11 is 0.